The number of guanidine groups is 1. The summed E-state index contributed by atoms with van der Waals surface area (Å²) in [6.45, 7) is 5.90. The van der Waals surface area contributed by atoms with Gasteiger partial charge in [0.15, 0.2) is 0 Å². The second kappa shape index (κ2) is 7.60. The van der Waals surface area contributed by atoms with Gasteiger partial charge in [-0.1, -0.05) is 19.4 Å². The summed E-state index contributed by atoms with van der Waals surface area (Å²) in [4.78, 5) is 4.51. The van der Waals surface area contributed by atoms with Crippen LogP contribution in [0.25, 0.3) is 0 Å². The van der Waals surface area contributed by atoms with Gasteiger partial charge in [0.25, 0.3) is 10.0 Å². The molecule has 0 aliphatic carbocycles. The predicted molar refractivity (Wildman–Crippen MR) is 87.8 cm³/mol. The number of ether oxygens (including phenoxy) is 1. The zero-order valence-corrected chi connectivity index (χ0v) is 13.9. The minimum Gasteiger partial charge on any atom is -0.381 e. The van der Waals surface area contributed by atoms with Crippen molar-refractivity contribution in [1.29, 1.82) is 0 Å². The fraction of sp³-hybridized carbons (Fsp3) is 0.533. The maximum atomic E-state index is 12.2. The first-order chi connectivity index (χ1) is 10.5. The summed E-state index contributed by atoms with van der Waals surface area (Å²) >= 11 is 0. The van der Waals surface area contributed by atoms with E-state index in [0.29, 0.717) is 18.8 Å². The molecule has 0 saturated carbocycles. The molecule has 0 aromatic heterocycles. The number of benzene rings is 1. The lowest BCUT2D eigenvalue weighted by molar-refractivity contribution is 0.130. The largest absolute Gasteiger partial charge is 0.381 e. The quantitative estimate of drug-likeness (QED) is 0.754. The predicted octanol–water partition coefficient (Wildman–Crippen LogP) is 2.26. The first-order valence-corrected chi connectivity index (χ1v) is 9.04. The van der Waals surface area contributed by atoms with E-state index in [1.807, 2.05) is 13.0 Å². The van der Waals surface area contributed by atoms with Gasteiger partial charge in [-0.3, -0.25) is 4.99 Å². The molecule has 1 aromatic rings. The molecule has 7 heteroatoms. The highest BCUT2D eigenvalue weighted by Crippen LogP contribution is 2.25. The van der Waals surface area contributed by atoms with Crippen molar-refractivity contribution < 1.29 is 13.2 Å². The third kappa shape index (κ3) is 4.45. The molecule has 1 aliphatic rings. The van der Waals surface area contributed by atoms with Crippen LogP contribution in [0.3, 0.4) is 0 Å². The summed E-state index contributed by atoms with van der Waals surface area (Å²) in [5.41, 5.74) is 1.46. The smallest absolute Gasteiger partial charge is 0.266 e. The minimum atomic E-state index is -3.54. The molecule has 22 heavy (non-hydrogen) atoms. The van der Waals surface area contributed by atoms with Crippen molar-refractivity contribution in [1.82, 2.24) is 4.72 Å². The van der Waals surface area contributed by atoms with Crippen molar-refractivity contribution in [3.63, 3.8) is 0 Å². The van der Waals surface area contributed by atoms with Gasteiger partial charge in [0.2, 0.25) is 5.96 Å². The minimum absolute atomic E-state index is 0.259. The molecule has 0 saturated heterocycles. The second-order valence-electron chi connectivity index (χ2n) is 5.28. The average molecular weight is 325 g/mol. The number of aryl methyl sites for hydroxylation is 1. The highest BCUT2D eigenvalue weighted by Gasteiger charge is 2.26. The third-order valence-electron chi connectivity index (χ3n) is 3.27. The van der Waals surface area contributed by atoms with E-state index in [1.54, 1.807) is 12.1 Å². The number of aliphatic imine (C=N–C) groups is 1. The van der Waals surface area contributed by atoms with E-state index >= 15 is 0 Å². The Hall–Kier alpha value is -1.60. The van der Waals surface area contributed by atoms with Crippen LogP contribution in [0.4, 0.5) is 5.69 Å². The Morgan fingerprint density at radius 1 is 1.23 bits per heavy atom. The number of nitrogens with one attached hydrogen (secondary N) is 2. The maximum absolute atomic E-state index is 12.2. The van der Waals surface area contributed by atoms with Crippen LogP contribution >= 0.6 is 0 Å². The summed E-state index contributed by atoms with van der Waals surface area (Å²) < 4.78 is 32.3. The first kappa shape index (κ1) is 16.8. The molecule has 0 spiro atoms. The molecule has 0 amide bonds. The van der Waals surface area contributed by atoms with Gasteiger partial charge in [0.05, 0.1) is 5.69 Å². The van der Waals surface area contributed by atoms with Gasteiger partial charge in [-0.15, -0.1) is 0 Å². The van der Waals surface area contributed by atoms with Crippen LogP contribution in [0.1, 0.15) is 31.7 Å². The number of hydrogen-bond acceptors (Lipinski definition) is 4. The van der Waals surface area contributed by atoms with Gasteiger partial charge in [-0.25, -0.2) is 13.1 Å². The SMILES string of the molecule is CCCCOCCCN=C1Nc2ccc(C)cc2S(=O)(=O)N1. The van der Waals surface area contributed by atoms with Crippen molar-refractivity contribution in [3.05, 3.63) is 23.8 Å². The highest BCUT2D eigenvalue weighted by molar-refractivity contribution is 7.90. The summed E-state index contributed by atoms with van der Waals surface area (Å²) in [6, 6.07) is 5.27. The Bertz CT molecular complexity index is 641. The Morgan fingerprint density at radius 3 is 2.77 bits per heavy atom. The van der Waals surface area contributed by atoms with Crippen LogP contribution in [0.2, 0.25) is 0 Å². The Labute approximate surface area is 132 Å². The van der Waals surface area contributed by atoms with Gasteiger partial charge in [0.1, 0.15) is 4.90 Å². The summed E-state index contributed by atoms with van der Waals surface area (Å²) in [6.07, 6.45) is 2.94. The van der Waals surface area contributed by atoms with Gasteiger partial charge >= 0.3 is 0 Å². The standard InChI is InChI=1S/C15H23N3O3S/c1-3-4-9-21-10-5-8-16-15-17-13-7-6-12(2)11-14(13)22(19,20)18-15/h6-7,11H,3-5,8-10H2,1-2H3,(H2,16,17,18). The van der Waals surface area contributed by atoms with Gasteiger partial charge in [0, 0.05) is 19.8 Å². The van der Waals surface area contributed by atoms with Crippen LogP contribution in [0.15, 0.2) is 28.1 Å². The zero-order chi connectivity index (χ0) is 16.0. The van der Waals surface area contributed by atoms with Crippen molar-refractivity contribution >= 4 is 21.7 Å². The molecule has 1 aliphatic heterocycles. The van der Waals surface area contributed by atoms with Crippen LogP contribution < -0.4 is 10.0 Å². The topological polar surface area (TPSA) is 79.8 Å². The van der Waals surface area contributed by atoms with E-state index < -0.39 is 10.0 Å². The maximum Gasteiger partial charge on any atom is 0.266 e. The number of fused-ring (bicyclic) bond motifs is 1. The van der Waals surface area contributed by atoms with E-state index in [9.17, 15) is 8.42 Å². The van der Waals surface area contributed by atoms with Crippen molar-refractivity contribution in [2.24, 2.45) is 4.99 Å². The molecule has 0 bridgehead atoms. The van der Waals surface area contributed by atoms with E-state index in [-0.39, 0.29) is 10.9 Å². The molecule has 6 nitrogen and oxygen atoms in total. The molecule has 0 radical (unpaired) electrons. The lowest BCUT2D eigenvalue weighted by atomic mass is 10.2. The lowest BCUT2D eigenvalue weighted by Crippen LogP contribution is -2.40. The summed E-state index contributed by atoms with van der Waals surface area (Å²) in [5, 5.41) is 3.01. The number of nitrogens with zero attached hydrogens (tertiary/aromatic N) is 1. The molecule has 2 N–H and O–H groups in total. The second-order valence-corrected chi connectivity index (χ2v) is 6.93. The summed E-state index contributed by atoms with van der Waals surface area (Å²) in [5.74, 6) is 0.268. The fourth-order valence-electron chi connectivity index (χ4n) is 2.07. The van der Waals surface area contributed by atoms with Crippen molar-refractivity contribution in [2.75, 3.05) is 25.1 Å². The van der Waals surface area contributed by atoms with Gasteiger partial charge < -0.3 is 10.1 Å². The fourth-order valence-corrected chi connectivity index (χ4v) is 3.30. The van der Waals surface area contributed by atoms with E-state index in [0.717, 1.165) is 31.4 Å². The Kier molecular flexibility index (Phi) is 5.79. The number of anilines is 1. The normalized spacial score (nSPS) is 17.6. The van der Waals surface area contributed by atoms with Crippen molar-refractivity contribution in [2.45, 2.75) is 38.0 Å². The molecule has 0 unspecified atom stereocenters. The number of sulfonamides is 1. The highest BCUT2D eigenvalue weighted by atomic mass is 32.2. The molecule has 0 atom stereocenters. The first-order valence-electron chi connectivity index (χ1n) is 7.55. The molecule has 1 aromatic carbocycles. The molecule has 2 rings (SSSR count). The molecular weight excluding hydrogens is 302 g/mol. The zero-order valence-electron chi connectivity index (χ0n) is 13.1. The van der Waals surface area contributed by atoms with Crippen LogP contribution in [0, 0.1) is 6.92 Å². The summed E-state index contributed by atoms with van der Waals surface area (Å²) in [7, 11) is -3.54. The Morgan fingerprint density at radius 2 is 2.00 bits per heavy atom. The molecular formula is C15H23N3O3S. The molecule has 1 heterocycles. The van der Waals surface area contributed by atoms with Crippen LogP contribution in [0.5, 0.6) is 0 Å². The average Bonchev–Trinajstić information content (AvgIpc) is 2.47. The molecule has 122 valence electrons. The van der Waals surface area contributed by atoms with E-state index in [1.165, 1.54) is 0 Å². The van der Waals surface area contributed by atoms with Crippen LogP contribution in [-0.4, -0.2) is 34.1 Å². The number of rotatable bonds is 7. The van der Waals surface area contributed by atoms with Gasteiger partial charge in [-0.2, -0.15) is 0 Å². The van der Waals surface area contributed by atoms with E-state index in [4.69, 9.17) is 4.74 Å². The number of unbranched alkanes of at least 4 members (excludes halogenated alkanes) is 1. The third-order valence-corrected chi connectivity index (χ3v) is 4.65. The molecule has 0 fully saturated rings. The monoisotopic (exact) mass is 325 g/mol. The van der Waals surface area contributed by atoms with Crippen molar-refractivity contribution in [3.8, 4) is 0 Å². The number of hydrogen-bond donors (Lipinski definition) is 2. The van der Waals surface area contributed by atoms with Crippen LogP contribution in [-0.2, 0) is 14.8 Å². The Balaban J connectivity index is 1.92. The van der Waals surface area contributed by atoms with E-state index in [2.05, 4.69) is 22.0 Å². The van der Waals surface area contributed by atoms with Gasteiger partial charge in [-0.05, 0) is 37.5 Å². The lowest BCUT2D eigenvalue weighted by Gasteiger charge is -2.21.